The molecule has 0 bridgehead atoms. The Morgan fingerprint density at radius 1 is 0.773 bits per heavy atom. The summed E-state index contributed by atoms with van der Waals surface area (Å²) in [5.41, 5.74) is 0. The quantitative estimate of drug-likeness (QED) is 0.213. The maximum absolute atomic E-state index is 12.0. The zero-order chi connectivity index (χ0) is 16.9. The van der Waals surface area contributed by atoms with Crippen LogP contribution in [0.5, 0.6) is 0 Å². The molecule has 0 radical (unpaired) electrons. The molecule has 0 heterocycles. The van der Waals surface area contributed by atoms with Crippen molar-refractivity contribution < 1.29 is 17.7 Å². The molecule has 1 nitrogen and oxygen atoms in total. The van der Waals surface area contributed by atoms with Gasteiger partial charge in [-0.25, -0.2) is 0 Å². The van der Waals surface area contributed by atoms with E-state index >= 15 is 0 Å². The van der Waals surface area contributed by atoms with Gasteiger partial charge in [-0.2, -0.15) is 13.2 Å². The van der Waals surface area contributed by atoms with Crippen molar-refractivity contribution in [3.8, 4) is 0 Å². The molecule has 0 fully saturated rings. The van der Waals surface area contributed by atoms with Gasteiger partial charge in [0.25, 0.3) is 0 Å². The number of quaternary nitrogens is 1. The lowest BCUT2D eigenvalue weighted by Gasteiger charge is -2.32. The Morgan fingerprint density at radius 2 is 1.18 bits per heavy atom. The van der Waals surface area contributed by atoms with E-state index in [2.05, 4.69) is 20.2 Å². The van der Waals surface area contributed by atoms with Crippen LogP contribution in [0, 0.1) is 0 Å². The third-order valence-electron chi connectivity index (χ3n) is 4.05. The smallest absolute Gasteiger partial charge is 0.320 e. The molecule has 0 saturated heterocycles. The molecule has 0 aromatic rings. The highest BCUT2D eigenvalue weighted by atomic mass is 19.4. The summed E-state index contributed by atoms with van der Waals surface area (Å²) in [5.74, 6) is 0. The summed E-state index contributed by atoms with van der Waals surface area (Å²) >= 11 is 0. The summed E-state index contributed by atoms with van der Waals surface area (Å²) in [7, 11) is 2.23. The number of halogens is 3. The number of alkyl halides is 3. The zero-order valence-corrected chi connectivity index (χ0v) is 14.1. The molecule has 0 rings (SSSR count). The SMILES string of the molecule is C=CC[N+](C)(CC=C)CCCCCCCCCCC(F)(F)F. The first-order valence-corrected chi connectivity index (χ1v) is 8.45. The van der Waals surface area contributed by atoms with Crippen molar-refractivity contribution >= 4 is 0 Å². The summed E-state index contributed by atoms with van der Waals surface area (Å²) in [6, 6.07) is 0. The van der Waals surface area contributed by atoms with Gasteiger partial charge in [0.05, 0.1) is 26.7 Å². The summed E-state index contributed by atoms with van der Waals surface area (Å²) in [5, 5.41) is 0. The van der Waals surface area contributed by atoms with Gasteiger partial charge in [-0.15, -0.1) is 0 Å². The number of likely N-dealkylation sites (N-methyl/N-ethyl adjacent to an activating group) is 1. The van der Waals surface area contributed by atoms with Gasteiger partial charge < -0.3 is 4.48 Å². The van der Waals surface area contributed by atoms with E-state index in [9.17, 15) is 13.2 Å². The lowest BCUT2D eigenvalue weighted by molar-refractivity contribution is -0.898. The molecular formula is C18H33F3N+. The molecule has 130 valence electrons. The van der Waals surface area contributed by atoms with Crippen molar-refractivity contribution in [1.29, 1.82) is 0 Å². The number of rotatable bonds is 14. The van der Waals surface area contributed by atoms with E-state index in [1.54, 1.807) is 0 Å². The van der Waals surface area contributed by atoms with Crippen LogP contribution in [0.15, 0.2) is 25.3 Å². The van der Waals surface area contributed by atoms with E-state index < -0.39 is 12.6 Å². The molecular weight excluding hydrogens is 287 g/mol. The summed E-state index contributed by atoms with van der Waals surface area (Å²) < 4.78 is 36.9. The molecule has 0 aliphatic rings. The Balaban J connectivity index is 3.49. The largest absolute Gasteiger partial charge is 0.389 e. The molecule has 0 aliphatic carbocycles. The number of unbranched alkanes of at least 4 members (excludes halogenated alkanes) is 7. The first kappa shape index (κ1) is 21.2. The minimum absolute atomic E-state index is 0.280. The van der Waals surface area contributed by atoms with Crippen LogP contribution < -0.4 is 0 Å². The lowest BCUT2D eigenvalue weighted by Crippen LogP contribution is -2.44. The standard InChI is InChI=1S/C18H33F3N/c1-4-15-22(3,16-5-2)17-13-11-9-7-6-8-10-12-14-18(19,20)21/h4-5H,1-2,6-17H2,3H3/q+1. The van der Waals surface area contributed by atoms with Crippen LogP contribution in [0.3, 0.4) is 0 Å². The Labute approximate surface area is 134 Å². The minimum Gasteiger partial charge on any atom is -0.320 e. The molecule has 0 aliphatic heterocycles. The Hall–Kier alpha value is -0.770. The van der Waals surface area contributed by atoms with Gasteiger partial charge in [0.15, 0.2) is 0 Å². The van der Waals surface area contributed by atoms with E-state index in [1.807, 2.05) is 12.2 Å². The van der Waals surface area contributed by atoms with Gasteiger partial charge in [-0.05, 0) is 31.4 Å². The lowest BCUT2D eigenvalue weighted by atomic mass is 10.1. The van der Waals surface area contributed by atoms with E-state index in [1.165, 1.54) is 19.3 Å². The molecule has 22 heavy (non-hydrogen) atoms. The van der Waals surface area contributed by atoms with Crippen LogP contribution in [0.1, 0.15) is 57.8 Å². The highest BCUT2D eigenvalue weighted by molar-refractivity contribution is 4.71. The van der Waals surface area contributed by atoms with Gasteiger partial charge in [0.1, 0.15) is 0 Å². The molecule has 0 spiro atoms. The monoisotopic (exact) mass is 320 g/mol. The van der Waals surface area contributed by atoms with Gasteiger partial charge in [-0.3, -0.25) is 0 Å². The normalized spacial score (nSPS) is 12.4. The van der Waals surface area contributed by atoms with Crippen molar-refractivity contribution in [3.63, 3.8) is 0 Å². The number of nitrogens with zero attached hydrogens (tertiary/aromatic N) is 1. The predicted molar refractivity (Wildman–Crippen MR) is 88.8 cm³/mol. The fraction of sp³-hybridized carbons (Fsp3) is 0.778. The van der Waals surface area contributed by atoms with E-state index in [0.29, 0.717) is 6.42 Å². The second-order valence-electron chi connectivity index (χ2n) is 6.48. The predicted octanol–water partition coefficient (Wildman–Crippen LogP) is 5.88. The molecule has 0 unspecified atom stereocenters. The van der Waals surface area contributed by atoms with Crippen LogP contribution in [0.4, 0.5) is 13.2 Å². The zero-order valence-electron chi connectivity index (χ0n) is 14.1. The summed E-state index contributed by atoms with van der Waals surface area (Å²) in [6.45, 7) is 10.7. The summed E-state index contributed by atoms with van der Waals surface area (Å²) in [6.07, 6.45) is 6.99. The van der Waals surface area contributed by atoms with Crippen molar-refractivity contribution in [3.05, 3.63) is 25.3 Å². The van der Waals surface area contributed by atoms with Gasteiger partial charge in [0.2, 0.25) is 0 Å². The fourth-order valence-corrected chi connectivity index (χ4v) is 2.76. The Bertz CT molecular complexity index is 287. The average molecular weight is 320 g/mol. The van der Waals surface area contributed by atoms with Gasteiger partial charge >= 0.3 is 6.18 Å². The van der Waals surface area contributed by atoms with E-state index in [-0.39, 0.29) is 6.42 Å². The van der Waals surface area contributed by atoms with Crippen LogP contribution in [0.25, 0.3) is 0 Å². The third-order valence-corrected chi connectivity index (χ3v) is 4.05. The first-order valence-electron chi connectivity index (χ1n) is 8.45. The topological polar surface area (TPSA) is 0 Å². The minimum atomic E-state index is -3.98. The molecule has 0 aromatic carbocycles. The van der Waals surface area contributed by atoms with Gasteiger partial charge in [-0.1, -0.05) is 45.3 Å². The van der Waals surface area contributed by atoms with E-state index in [0.717, 1.165) is 43.4 Å². The first-order chi connectivity index (χ1) is 10.3. The molecule has 0 amide bonds. The average Bonchev–Trinajstić information content (AvgIpc) is 2.40. The maximum atomic E-state index is 12.0. The summed E-state index contributed by atoms with van der Waals surface area (Å²) in [4.78, 5) is 0. The highest BCUT2D eigenvalue weighted by Gasteiger charge is 2.25. The molecule has 0 N–H and O–H groups in total. The number of hydrogen-bond donors (Lipinski definition) is 0. The second-order valence-corrected chi connectivity index (χ2v) is 6.48. The highest BCUT2D eigenvalue weighted by Crippen LogP contribution is 2.23. The van der Waals surface area contributed by atoms with Crippen LogP contribution in [0.2, 0.25) is 0 Å². The third kappa shape index (κ3) is 12.9. The van der Waals surface area contributed by atoms with Crippen molar-refractivity contribution in [1.82, 2.24) is 0 Å². The van der Waals surface area contributed by atoms with Gasteiger partial charge in [0, 0.05) is 6.42 Å². The molecule has 4 heteroatoms. The van der Waals surface area contributed by atoms with Crippen molar-refractivity contribution in [2.75, 3.05) is 26.7 Å². The van der Waals surface area contributed by atoms with Crippen LogP contribution in [-0.2, 0) is 0 Å². The van der Waals surface area contributed by atoms with Crippen LogP contribution >= 0.6 is 0 Å². The number of hydrogen-bond acceptors (Lipinski definition) is 0. The second kappa shape index (κ2) is 11.8. The van der Waals surface area contributed by atoms with Crippen LogP contribution in [-0.4, -0.2) is 37.3 Å². The van der Waals surface area contributed by atoms with Crippen molar-refractivity contribution in [2.24, 2.45) is 0 Å². The maximum Gasteiger partial charge on any atom is 0.389 e. The molecule has 0 aromatic heterocycles. The van der Waals surface area contributed by atoms with Crippen molar-refractivity contribution in [2.45, 2.75) is 64.0 Å². The molecule has 0 saturated carbocycles. The van der Waals surface area contributed by atoms with E-state index in [4.69, 9.17) is 0 Å². The molecule has 0 atom stereocenters. The Morgan fingerprint density at radius 3 is 1.59 bits per heavy atom. The Kier molecular flexibility index (Phi) is 11.3. The fourth-order valence-electron chi connectivity index (χ4n) is 2.76.